The van der Waals surface area contributed by atoms with Gasteiger partial charge in [-0.25, -0.2) is 4.57 Å². The van der Waals surface area contributed by atoms with Crippen molar-refractivity contribution in [2.24, 2.45) is 0 Å². The van der Waals surface area contributed by atoms with Crippen molar-refractivity contribution >= 4 is 13.7 Å². The summed E-state index contributed by atoms with van der Waals surface area (Å²) in [5.74, 6) is -0.200. The van der Waals surface area contributed by atoms with Gasteiger partial charge in [0.1, 0.15) is 13.2 Å². The van der Waals surface area contributed by atoms with Gasteiger partial charge < -0.3 is 19.8 Å². The Morgan fingerprint density at radius 3 is 1.15 bits per heavy atom. The van der Waals surface area contributed by atoms with E-state index in [9.17, 15) is 19.4 Å². The van der Waals surface area contributed by atoms with Crippen LogP contribution in [-0.2, 0) is 18.4 Å². The van der Waals surface area contributed by atoms with E-state index in [2.05, 4.69) is 153 Å². The zero-order chi connectivity index (χ0) is 58.4. The van der Waals surface area contributed by atoms with Gasteiger partial charge in [-0.1, -0.05) is 275 Å². The average Bonchev–Trinajstić information content (AvgIpc) is 3.42. The predicted molar refractivity (Wildman–Crippen MR) is 350 cm³/mol. The molecule has 8 nitrogen and oxygen atoms in total. The molecular weight excluding hydrogens is 1010 g/mol. The van der Waals surface area contributed by atoms with E-state index in [4.69, 9.17) is 9.05 Å². The summed E-state index contributed by atoms with van der Waals surface area (Å²) >= 11 is 0. The molecule has 0 aliphatic heterocycles. The number of nitrogens with zero attached hydrogens (tertiary/aromatic N) is 1. The second-order valence-corrected chi connectivity index (χ2v) is 23.8. The fourth-order valence-electron chi connectivity index (χ4n) is 8.56. The van der Waals surface area contributed by atoms with Gasteiger partial charge in [-0.15, -0.1) is 0 Å². The molecule has 9 heteroatoms. The first kappa shape index (κ1) is 76.4. The Balaban J connectivity index is 4.20. The van der Waals surface area contributed by atoms with Crippen LogP contribution in [0.3, 0.4) is 0 Å². The molecule has 0 spiro atoms. The quantitative estimate of drug-likeness (QED) is 0.0243. The van der Waals surface area contributed by atoms with Gasteiger partial charge in [0, 0.05) is 6.42 Å². The van der Waals surface area contributed by atoms with E-state index in [1.165, 1.54) is 109 Å². The molecule has 0 saturated carbocycles. The maximum Gasteiger partial charge on any atom is 0.472 e. The number of nitrogens with one attached hydrogen (secondary N) is 1. The van der Waals surface area contributed by atoms with Gasteiger partial charge in [-0.05, 0) is 109 Å². The lowest BCUT2D eigenvalue weighted by Crippen LogP contribution is -2.45. The van der Waals surface area contributed by atoms with E-state index in [-0.39, 0.29) is 19.1 Å². The molecule has 1 amide bonds. The van der Waals surface area contributed by atoms with Crippen molar-refractivity contribution in [3.63, 3.8) is 0 Å². The zero-order valence-electron chi connectivity index (χ0n) is 52.0. The summed E-state index contributed by atoms with van der Waals surface area (Å²) in [5, 5.41) is 13.9. The number of unbranched alkanes of at least 4 members (excludes halogenated alkanes) is 22. The van der Waals surface area contributed by atoms with Crippen LogP contribution in [0.4, 0.5) is 0 Å². The molecule has 0 aromatic rings. The molecule has 0 radical (unpaired) electrons. The van der Waals surface area contributed by atoms with Crippen LogP contribution in [0.15, 0.2) is 146 Å². The summed E-state index contributed by atoms with van der Waals surface area (Å²) in [6.45, 7) is 4.67. The van der Waals surface area contributed by atoms with Crippen molar-refractivity contribution < 1.29 is 32.9 Å². The third-order valence-corrected chi connectivity index (χ3v) is 14.5. The summed E-state index contributed by atoms with van der Waals surface area (Å²) in [4.78, 5) is 23.3. The van der Waals surface area contributed by atoms with Gasteiger partial charge in [-0.2, -0.15) is 0 Å². The van der Waals surface area contributed by atoms with Crippen molar-refractivity contribution in [1.82, 2.24) is 5.32 Å². The Morgan fingerprint density at radius 2 is 0.762 bits per heavy atom. The second kappa shape index (κ2) is 60.0. The number of likely N-dealkylation sites (N-methyl/N-ethyl adjacent to an activating group) is 1. The number of aliphatic hydroxyl groups excluding tert-OH is 1. The van der Waals surface area contributed by atoms with Crippen LogP contribution in [0, 0.1) is 0 Å². The smallest absolute Gasteiger partial charge is 0.387 e. The minimum atomic E-state index is -4.37. The summed E-state index contributed by atoms with van der Waals surface area (Å²) in [6, 6.07) is -0.879. The zero-order valence-corrected chi connectivity index (χ0v) is 52.9. The van der Waals surface area contributed by atoms with E-state index in [1.54, 1.807) is 6.08 Å². The van der Waals surface area contributed by atoms with Gasteiger partial charge in [0.25, 0.3) is 0 Å². The molecule has 80 heavy (non-hydrogen) atoms. The van der Waals surface area contributed by atoms with Crippen LogP contribution in [-0.4, -0.2) is 73.4 Å². The predicted octanol–water partition coefficient (Wildman–Crippen LogP) is 20.4. The molecule has 456 valence electrons. The Morgan fingerprint density at radius 1 is 0.438 bits per heavy atom. The fraction of sp³-hybridized carbons (Fsp3) is 0.648. The van der Waals surface area contributed by atoms with Crippen molar-refractivity contribution in [2.45, 2.75) is 257 Å². The van der Waals surface area contributed by atoms with Crippen molar-refractivity contribution in [2.75, 3.05) is 40.9 Å². The Kier molecular flexibility index (Phi) is 57.3. The number of phosphoric acid groups is 1. The maximum atomic E-state index is 13.0. The maximum absolute atomic E-state index is 13.0. The molecule has 0 rings (SSSR count). The summed E-state index contributed by atoms with van der Waals surface area (Å²) in [6.07, 6.45) is 92.5. The second-order valence-electron chi connectivity index (χ2n) is 22.4. The minimum absolute atomic E-state index is 0.0474. The number of allylic oxidation sites excluding steroid dienone is 23. The topological polar surface area (TPSA) is 105 Å². The van der Waals surface area contributed by atoms with E-state index in [0.29, 0.717) is 17.4 Å². The number of phosphoric ester groups is 1. The summed E-state index contributed by atoms with van der Waals surface area (Å²) in [7, 11) is 1.53. The summed E-state index contributed by atoms with van der Waals surface area (Å²) < 4.78 is 23.7. The van der Waals surface area contributed by atoms with Crippen LogP contribution in [0.25, 0.3) is 0 Å². The van der Waals surface area contributed by atoms with Crippen molar-refractivity contribution in [3.05, 3.63) is 146 Å². The minimum Gasteiger partial charge on any atom is -0.387 e. The fourth-order valence-corrected chi connectivity index (χ4v) is 9.29. The number of carbonyl (C=O) groups excluding carboxylic acids is 1. The van der Waals surface area contributed by atoms with Gasteiger partial charge in [0.2, 0.25) is 5.91 Å². The molecule has 3 unspecified atom stereocenters. The van der Waals surface area contributed by atoms with Gasteiger partial charge >= 0.3 is 7.82 Å². The van der Waals surface area contributed by atoms with Crippen LogP contribution in [0.1, 0.15) is 245 Å². The first-order valence-corrected chi connectivity index (χ1v) is 33.7. The third kappa shape index (κ3) is 62.0. The van der Waals surface area contributed by atoms with Crippen molar-refractivity contribution in [1.29, 1.82) is 0 Å². The lowest BCUT2D eigenvalue weighted by molar-refractivity contribution is -0.870. The highest BCUT2D eigenvalue weighted by molar-refractivity contribution is 7.47. The van der Waals surface area contributed by atoms with Crippen molar-refractivity contribution in [3.8, 4) is 0 Å². The number of aliphatic hydroxyl groups is 1. The molecule has 0 aromatic heterocycles. The van der Waals surface area contributed by atoms with Crippen LogP contribution < -0.4 is 5.32 Å². The monoisotopic (exact) mass is 1130 g/mol. The largest absolute Gasteiger partial charge is 0.472 e. The molecule has 0 aliphatic rings. The Hall–Kier alpha value is -3.62. The lowest BCUT2D eigenvalue weighted by atomic mass is 10.0. The number of rotatable bonds is 57. The molecule has 0 heterocycles. The molecular formula is C71H122N2O6P+. The molecule has 3 atom stereocenters. The normalized spacial score (nSPS) is 14.7. The van der Waals surface area contributed by atoms with E-state index < -0.39 is 20.0 Å². The molecule has 0 bridgehead atoms. The standard InChI is InChI=1S/C71H121N2O6P/c1-6-8-10-12-14-16-18-20-22-24-26-27-28-29-30-31-32-33-34-35-36-37-38-39-40-41-42-43-44-45-47-49-51-53-55-57-59-61-63-65-71(75)72-69(68-79-80(76,77)78-67-66-73(3,4)5)70(74)64-62-60-58-56-54-52-50-48-46-25-23-21-19-17-15-13-11-9-7-2/h8,10,14,16,20,22,26-27,29-30,32-33,35-36,38-39,41-42,44-45,54,56,62,64,69-70,74H,6-7,9,11-13,15,17-19,21,23-25,28,31,34,37,40,43,46-53,55,57-61,63,65-68H2,1-5H3,(H-,72,75,76,77)/p+1/b10-8-,16-14-,22-20-,27-26-,30-29-,33-32-,36-35-,39-38-,42-41-,45-44-,56-54+,64-62+. The lowest BCUT2D eigenvalue weighted by Gasteiger charge is -2.25. The first-order valence-electron chi connectivity index (χ1n) is 32.2. The Labute approximate surface area is 493 Å². The number of hydrogen-bond donors (Lipinski definition) is 3. The van der Waals surface area contributed by atoms with E-state index >= 15 is 0 Å². The molecule has 3 N–H and O–H groups in total. The molecule has 0 fully saturated rings. The summed E-state index contributed by atoms with van der Waals surface area (Å²) in [5.41, 5.74) is 0. The van der Waals surface area contributed by atoms with E-state index in [0.717, 1.165) is 116 Å². The number of amides is 1. The average molecular weight is 1130 g/mol. The Bertz CT molecular complexity index is 1810. The van der Waals surface area contributed by atoms with Gasteiger partial charge in [0.15, 0.2) is 0 Å². The van der Waals surface area contributed by atoms with Crippen LogP contribution in [0.5, 0.6) is 0 Å². The number of hydrogen-bond acceptors (Lipinski definition) is 5. The van der Waals surface area contributed by atoms with E-state index in [1.807, 2.05) is 27.2 Å². The molecule has 0 aliphatic carbocycles. The molecule has 0 saturated heterocycles. The molecule has 0 aromatic carbocycles. The van der Waals surface area contributed by atoms with Gasteiger partial charge in [0.05, 0.1) is 39.9 Å². The third-order valence-electron chi connectivity index (χ3n) is 13.5. The van der Waals surface area contributed by atoms with Gasteiger partial charge in [-0.3, -0.25) is 13.8 Å². The number of carbonyl (C=O) groups is 1. The highest BCUT2D eigenvalue weighted by atomic mass is 31.2. The number of quaternary nitrogens is 1. The first-order chi connectivity index (χ1) is 39.0. The SMILES string of the molecule is CC/C=C\C/C=C\C/C=C\C/C=C\C/C=C\C/C=C\C/C=C\C/C=C\C/C=C\C/C=C\CCCCCCCCCCC(=O)NC(COP(=O)(O)OCC[N+](C)(C)C)C(O)/C=C/CC/C=C/CCCCCCCCCCCCCCC. The van der Waals surface area contributed by atoms with Crippen LogP contribution in [0.2, 0.25) is 0 Å². The highest BCUT2D eigenvalue weighted by Crippen LogP contribution is 2.43. The van der Waals surface area contributed by atoms with Crippen LogP contribution >= 0.6 is 7.82 Å². The highest BCUT2D eigenvalue weighted by Gasteiger charge is 2.27.